The number of Topliss-reactive ketones (excluding diaryl/α,β-unsaturated/α-hetero) is 1. The number of nitriles is 1. The van der Waals surface area contributed by atoms with Crippen molar-refractivity contribution in [3.8, 4) is 11.8 Å². The van der Waals surface area contributed by atoms with Gasteiger partial charge in [0.1, 0.15) is 0 Å². The first-order valence-electron chi connectivity index (χ1n) is 8.22. The highest BCUT2D eigenvalue weighted by Gasteiger charge is 2.33. The van der Waals surface area contributed by atoms with E-state index in [0.717, 1.165) is 17.7 Å². The lowest BCUT2D eigenvalue weighted by Gasteiger charge is -2.09. The van der Waals surface area contributed by atoms with Crippen LogP contribution in [-0.2, 0) is 6.18 Å². The predicted octanol–water partition coefficient (Wildman–Crippen LogP) is 4.96. The summed E-state index contributed by atoms with van der Waals surface area (Å²) in [5.74, 6) is -1.68. The summed E-state index contributed by atoms with van der Waals surface area (Å²) in [6.07, 6.45) is -3.95. The number of carbonyl (C=O) groups excluding carboxylic acids is 1. The molecule has 0 radical (unpaired) electrons. The van der Waals surface area contributed by atoms with Gasteiger partial charge in [0.15, 0.2) is 23.0 Å². The number of rotatable bonds is 4. The SMILES string of the molecule is COc1cc(C)cc2c(C)c(C(=O)[C@@H](C#N)c3ccc(C(F)(F)F)cn3)oc12. The van der Waals surface area contributed by atoms with E-state index in [4.69, 9.17) is 9.15 Å². The van der Waals surface area contributed by atoms with Crippen LogP contribution in [0.5, 0.6) is 5.75 Å². The summed E-state index contributed by atoms with van der Waals surface area (Å²) in [6, 6.07) is 7.19. The highest BCUT2D eigenvalue weighted by atomic mass is 19.4. The largest absolute Gasteiger partial charge is 0.493 e. The Kier molecular flexibility index (Phi) is 4.86. The molecule has 28 heavy (non-hydrogen) atoms. The Bertz CT molecular complexity index is 1090. The molecule has 0 bridgehead atoms. The van der Waals surface area contributed by atoms with Gasteiger partial charge in [-0.15, -0.1) is 0 Å². The van der Waals surface area contributed by atoms with E-state index >= 15 is 0 Å². The van der Waals surface area contributed by atoms with Gasteiger partial charge in [-0.1, -0.05) is 0 Å². The molecule has 0 saturated carbocycles. The Balaban J connectivity index is 2.05. The van der Waals surface area contributed by atoms with Gasteiger partial charge < -0.3 is 9.15 Å². The van der Waals surface area contributed by atoms with Crippen LogP contribution >= 0.6 is 0 Å². The van der Waals surface area contributed by atoms with E-state index < -0.39 is 23.4 Å². The number of fused-ring (bicyclic) bond motifs is 1. The molecule has 2 aromatic heterocycles. The number of aryl methyl sites for hydroxylation is 2. The fourth-order valence-corrected chi connectivity index (χ4v) is 2.95. The van der Waals surface area contributed by atoms with Crippen LogP contribution < -0.4 is 4.74 Å². The Morgan fingerprint density at radius 3 is 2.54 bits per heavy atom. The summed E-state index contributed by atoms with van der Waals surface area (Å²) < 4.78 is 49.1. The molecule has 3 rings (SSSR count). The number of hydrogen-bond acceptors (Lipinski definition) is 5. The summed E-state index contributed by atoms with van der Waals surface area (Å²) in [4.78, 5) is 16.6. The van der Waals surface area contributed by atoms with Gasteiger partial charge in [-0.3, -0.25) is 9.78 Å². The van der Waals surface area contributed by atoms with Gasteiger partial charge in [0.25, 0.3) is 0 Å². The molecule has 0 N–H and O–H groups in total. The monoisotopic (exact) mass is 388 g/mol. The van der Waals surface area contributed by atoms with E-state index in [2.05, 4.69) is 4.98 Å². The molecular formula is C20H15F3N2O3. The highest BCUT2D eigenvalue weighted by Crippen LogP contribution is 2.36. The van der Waals surface area contributed by atoms with Gasteiger partial charge in [0, 0.05) is 17.1 Å². The number of halogens is 3. The molecule has 0 aliphatic carbocycles. The zero-order valence-electron chi connectivity index (χ0n) is 15.2. The minimum Gasteiger partial charge on any atom is -0.493 e. The first-order valence-corrected chi connectivity index (χ1v) is 8.22. The Morgan fingerprint density at radius 2 is 2.00 bits per heavy atom. The second kappa shape index (κ2) is 7.00. The lowest BCUT2D eigenvalue weighted by Crippen LogP contribution is -2.14. The number of benzene rings is 1. The van der Waals surface area contributed by atoms with Gasteiger partial charge in [0.05, 0.1) is 24.4 Å². The smallest absolute Gasteiger partial charge is 0.417 e. The van der Waals surface area contributed by atoms with Crippen molar-refractivity contribution in [1.29, 1.82) is 5.26 Å². The topological polar surface area (TPSA) is 76.1 Å². The van der Waals surface area contributed by atoms with Crippen LogP contribution in [0.25, 0.3) is 11.0 Å². The van der Waals surface area contributed by atoms with E-state index in [9.17, 15) is 23.2 Å². The average molecular weight is 388 g/mol. The average Bonchev–Trinajstić information content (AvgIpc) is 2.98. The Labute approximate surface area is 158 Å². The van der Waals surface area contributed by atoms with Crippen molar-refractivity contribution in [1.82, 2.24) is 4.98 Å². The van der Waals surface area contributed by atoms with Crippen LogP contribution in [0.2, 0.25) is 0 Å². The number of methoxy groups -OCH3 is 1. The molecule has 5 nitrogen and oxygen atoms in total. The molecule has 8 heteroatoms. The predicted molar refractivity (Wildman–Crippen MR) is 94.2 cm³/mol. The van der Waals surface area contributed by atoms with Crippen molar-refractivity contribution in [2.45, 2.75) is 25.9 Å². The molecule has 1 aromatic carbocycles. The molecule has 0 aliphatic rings. The maximum Gasteiger partial charge on any atom is 0.417 e. The summed E-state index contributed by atoms with van der Waals surface area (Å²) >= 11 is 0. The fourth-order valence-electron chi connectivity index (χ4n) is 2.95. The third-order valence-corrected chi connectivity index (χ3v) is 4.39. The lowest BCUT2D eigenvalue weighted by molar-refractivity contribution is -0.137. The number of hydrogen-bond donors (Lipinski definition) is 0. The molecule has 0 saturated heterocycles. The second-order valence-electron chi connectivity index (χ2n) is 6.30. The van der Waals surface area contributed by atoms with E-state index in [-0.39, 0.29) is 11.5 Å². The van der Waals surface area contributed by atoms with Crippen LogP contribution in [0.15, 0.2) is 34.9 Å². The van der Waals surface area contributed by atoms with Crippen LogP contribution in [0, 0.1) is 25.2 Å². The third kappa shape index (κ3) is 3.31. The van der Waals surface area contributed by atoms with E-state index in [1.54, 1.807) is 19.1 Å². The maximum absolute atomic E-state index is 12.9. The number of ketones is 1. The van der Waals surface area contributed by atoms with E-state index in [1.165, 1.54) is 7.11 Å². The van der Waals surface area contributed by atoms with Gasteiger partial charge in [-0.2, -0.15) is 18.4 Å². The molecule has 2 heterocycles. The molecule has 1 atom stereocenters. The Morgan fingerprint density at radius 1 is 1.29 bits per heavy atom. The molecular weight excluding hydrogens is 373 g/mol. The van der Waals surface area contributed by atoms with Crippen molar-refractivity contribution in [2.75, 3.05) is 7.11 Å². The molecule has 0 fully saturated rings. The van der Waals surface area contributed by atoms with Crippen LogP contribution in [0.4, 0.5) is 13.2 Å². The summed E-state index contributed by atoms with van der Waals surface area (Å²) in [5, 5.41) is 10.1. The number of pyridine rings is 1. The van der Waals surface area contributed by atoms with Gasteiger partial charge in [-0.25, -0.2) is 0 Å². The summed E-state index contributed by atoms with van der Waals surface area (Å²) in [7, 11) is 1.47. The van der Waals surface area contributed by atoms with Crippen LogP contribution in [-0.4, -0.2) is 17.9 Å². The minimum atomic E-state index is -4.55. The first kappa shape index (κ1) is 19.4. The number of furan rings is 1. The van der Waals surface area contributed by atoms with E-state index in [1.807, 2.05) is 13.0 Å². The van der Waals surface area contributed by atoms with Gasteiger partial charge in [-0.05, 0) is 43.7 Å². The standard InChI is InChI=1S/C20H15F3N2O3/c1-10-6-13-11(2)18(28-19(13)16(7-10)27-3)17(26)14(8-24)15-5-4-12(9-25-15)20(21,22)23/h4-7,9,14H,1-3H3/t14-/m0/s1. The highest BCUT2D eigenvalue weighted by molar-refractivity contribution is 6.05. The normalized spacial score (nSPS) is 12.6. The van der Waals surface area contributed by atoms with Crippen molar-refractivity contribution < 1.29 is 27.1 Å². The second-order valence-corrected chi connectivity index (χ2v) is 6.30. The fraction of sp³-hybridized carbons (Fsp3) is 0.250. The number of aromatic nitrogens is 1. The van der Waals surface area contributed by atoms with Crippen molar-refractivity contribution in [3.05, 3.63) is 58.6 Å². The minimum absolute atomic E-state index is 0.0489. The molecule has 0 spiro atoms. The van der Waals surface area contributed by atoms with Crippen molar-refractivity contribution in [3.63, 3.8) is 0 Å². The lowest BCUT2D eigenvalue weighted by atomic mass is 9.96. The molecule has 144 valence electrons. The van der Waals surface area contributed by atoms with Crippen LogP contribution in [0.3, 0.4) is 0 Å². The van der Waals surface area contributed by atoms with Crippen molar-refractivity contribution in [2.24, 2.45) is 0 Å². The molecule has 0 unspecified atom stereocenters. The first-order chi connectivity index (χ1) is 13.2. The quantitative estimate of drug-likeness (QED) is 0.591. The molecule has 0 aliphatic heterocycles. The van der Waals surface area contributed by atoms with E-state index in [0.29, 0.717) is 28.5 Å². The Hall–Kier alpha value is -3.34. The van der Waals surface area contributed by atoms with Crippen LogP contribution in [0.1, 0.15) is 38.9 Å². The number of nitrogens with zero attached hydrogens (tertiary/aromatic N) is 2. The summed E-state index contributed by atoms with van der Waals surface area (Å²) in [6.45, 7) is 3.53. The van der Waals surface area contributed by atoms with Gasteiger partial charge >= 0.3 is 6.18 Å². The number of carbonyl (C=O) groups is 1. The zero-order valence-corrected chi connectivity index (χ0v) is 15.2. The molecule has 3 aromatic rings. The summed E-state index contributed by atoms with van der Waals surface area (Å²) in [5.41, 5.74) is 0.748. The van der Waals surface area contributed by atoms with Gasteiger partial charge in [0.2, 0.25) is 5.78 Å². The molecule has 0 amide bonds. The number of alkyl halides is 3. The third-order valence-electron chi connectivity index (χ3n) is 4.39. The maximum atomic E-state index is 12.9. The zero-order chi connectivity index (χ0) is 20.6. The van der Waals surface area contributed by atoms with Crippen molar-refractivity contribution >= 4 is 16.8 Å². The number of ether oxygens (including phenoxy) is 1.